The van der Waals surface area contributed by atoms with Gasteiger partial charge < -0.3 is 10.4 Å². The third-order valence-electron chi connectivity index (χ3n) is 2.82. The number of hydrogen-bond donors (Lipinski definition) is 2. The third kappa shape index (κ3) is 4.44. The molecule has 106 valence electrons. The molecule has 0 saturated heterocycles. The van der Waals surface area contributed by atoms with E-state index in [2.05, 4.69) is 22.1 Å². The van der Waals surface area contributed by atoms with Gasteiger partial charge in [-0.15, -0.1) is 0 Å². The van der Waals surface area contributed by atoms with Gasteiger partial charge in [0.1, 0.15) is 0 Å². The predicted octanol–water partition coefficient (Wildman–Crippen LogP) is 1.75. The number of aliphatic hydroxyl groups is 1. The van der Waals surface area contributed by atoms with Crippen molar-refractivity contribution in [1.82, 2.24) is 10.3 Å². The monoisotopic (exact) mass is 280 g/mol. The maximum absolute atomic E-state index is 12.2. The summed E-state index contributed by atoms with van der Waals surface area (Å²) in [7, 11) is 0. The van der Waals surface area contributed by atoms with Crippen LogP contribution in [0.3, 0.4) is 0 Å². The Morgan fingerprint density at radius 3 is 2.81 bits per heavy atom. The normalized spacial score (nSPS) is 9.57. The van der Waals surface area contributed by atoms with E-state index in [1.807, 2.05) is 30.3 Å². The first-order chi connectivity index (χ1) is 10.3. The topological polar surface area (TPSA) is 62.2 Å². The van der Waals surface area contributed by atoms with Crippen LogP contribution >= 0.6 is 0 Å². The van der Waals surface area contributed by atoms with Crippen LogP contribution in [0.1, 0.15) is 27.9 Å². The molecular formula is C17H16N2O2. The fourth-order valence-electron chi connectivity index (χ4n) is 1.78. The Morgan fingerprint density at radius 1 is 1.24 bits per heavy atom. The van der Waals surface area contributed by atoms with E-state index in [-0.39, 0.29) is 12.5 Å². The molecule has 1 amide bonds. The summed E-state index contributed by atoms with van der Waals surface area (Å²) in [5.41, 5.74) is 2.09. The number of carbonyl (C=O) groups excluding carboxylic acids is 1. The van der Waals surface area contributed by atoms with Gasteiger partial charge in [0.2, 0.25) is 0 Å². The standard InChI is InChI=1S/C17H16N2O2/c20-11-5-4-8-15-13-18-10-9-16(15)17(21)19-12-14-6-2-1-3-7-14/h1-3,6-7,9-10,13,20H,5,11-12H2,(H,19,21). The van der Waals surface area contributed by atoms with Crippen LogP contribution in [0.15, 0.2) is 48.8 Å². The number of benzene rings is 1. The van der Waals surface area contributed by atoms with Crippen LogP contribution in [0.4, 0.5) is 0 Å². The minimum Gasteiger partial charge on any atom is -0.395 e. The van der Waals surface area contributed by atoms with E-state index in [1.165, 1.54) is 0 Å². The van der Waals surface area contributed by atoms with Crippen LogP contribution < -0.4 is 5.32 Å². The number of nitrogens with zero attached hydrogens (tertiary/aromatic N) is 1. The summed E-state index contributed by atoms with van der Waals surface area (Å²) < 4.78 is 0. The second-order valence-corrected chi connectivity index (χ2v) is 4.36. The molecular weight excluding hydrogens is 264 g/mol. The zero-order valence-electron chi connectivity index (χ0n) is 11.5. The van der Waals surface area contributed by atoms with Crippen molar-refractivity contribution in [2.75, 3.05) is 6.61 Å². The summed E-state index contributed by atoms with van der Waals surface area (Å²) in [6.07, 6.45) is 3.50. The molecule has 1 heterocycles. The second kappa shape index (κ2) is 7.83. The number of rotatable bonds is 4. The molecule has 0 bridgehead atoms. The molecule has 0 saturated carbocycles. The fraction of sp³-hybridized carbons (Fsp3) is 0.176. The van der Waals surface area contributed by atoms with Crippen LogP contribution in [0.2, 0.25) is 0 Å². The summed E-state index contributed by atoms with van der Waals surface area (Å²) in [4.78, 5) is 16.2. The van der Waals surface area contributed by atoms with Crippen molar-refractivity contribution in [1.29, 1.82) is 0 Å². The van der Waals surface area contributed by atoms with Gasteiger partial charge in [-0.1, -0.05) is 42.2 Å². The highest BCUT2D eigenvalue weighted by atomic mass is 16.2. The molecule has 0 aliphatic carbocycles. The Balaban J connectivity index is 2.07. The smallest absolute Gasteiger partial charge is 0.252 e. The highest BCUT2D eigenvalue weighted by Gasteiger charge is 2.09. The number of hydrogen-bond acceptors (Lipinski definition) is 3. The zero-order chi connectivity index (χ0) is 14.9. The number of amides is 1. The lowest BCUT2D eigenvalue weighted by molar-refractivity contribution is 0.0950. The van der Waals surface area contributed by atoms with E-state index in [1.54, 1.807) is 18.5 Å². The molecule has 2 rings (SSSR count). The lowest BCUT2D eigenvalue weighted by Gasteiger charge is -2.06. The molecule has 0 unspecified atom stereocenters. The average Bonchev–Trinajstić information content (AvgIpc) is 2.54. The van der Waals surface area contributed by atoms with E-state index < -0.39 is 0 Å². The van der Waals surface area contributed by atoms with Crippen molar-refractivity contribution in [2.45, 2.75) is 13.0 Å². The number of pyridine rings is 1. The minimum absolute atomic E-state index is 0.00278. The summed E-state index contributed by atoms with van der Waals surface area (Å²) in [5, 5.41) is 11.6. The molecule has 0 spiro atoms. The van der Waals surface area contributed by atoms with Crippen LogP contribution in [0, 0.1) is 11.8 Å². The Morgan fingerprint density at radius 2 is 2.05 bits per heavy atom. The predicted molar refractivity (Wildman–Crippen MR) is 80.4 cm³/mol. The van der Waals surface area contributed by atoms with Crippen molar-refractivity contribution in [2.24, 2.45) is 0 Å². The van der Waals surface area contributed by atoms with Gasteiger partial charge in [0.25, 0.3) is 5.91 Å². The van der Waals surface area contributed by atoms with Crippen molar-refractivity contribution in [3.05, 3.63) is 65.5 Å². The number of aromatic nitrogens is 1. The molecule has 4 heteroatoms. The lowest BCUT2D eigenvalue weighted by Crippen LogP contribution is -2.23. The quantitative estimate of drug-likeness (QED) is 0.839. The van der Waals surface area contributed by atoms with Crippen molar-refractivity contribution in [3.63, 3.8) is 0 Å². The Bertz CT molecular complexity index is 657. The number of carbonyl (C=O) groups is 1. The van der Waals surface area contributed by atoms with E-state index >= 15 is 0 Å². The molecule has 1 aromatic heterocycles. The lowest BCUT2D eigenvalue weighted by atomic mass is 10.1. The second-order valence-electron chi connectivity index (χ2n) is 4.36. The Kier molecular flexibility index (Phi) is 5.50. The SMILES string of the molecule is O=C(NCc1ccccc1)c1ccncc1C#CCCO. The van der Waals surface area contributed by atoms with Gasteiger partial charge in [-0.05, 0) is 11.6 Å². The van der Waals surface area contributed by atoms with Crippen molar-refractivity contribution in [3.8, 4) is 11.8 Å². The van der Waals surface area contributed by atoms with Crippen molar-refractivity contribution >= 4 is 5.91 Å². The molecule has 2 aromatic rings. The molecule has 0 aliphatic heterocycles. The number of nitrogens with one attached hydrogen (secondary N) is 1. The Labute approximate surface area is 123 Å². The van der Waals surface area contributed by atoms with Crippen molar-refractivity contribution < 1.29 is 9.90 Å². The molecule has 0 fully saturated rings. The van der Waals surface area contributed by atoms with E-state index in [4.69, 9.17) is 5.11 Å². The third-order valence-corrected chi connectivity index (χ3v) is 2.82. The molecule has 0 radical (unpaired) electrons. The van der Waals surface area contributed by atoms with Crippen LogP contribution in [0.5, 0.6) is 0 Å². The summed E-state index contributed by atoms with van der Waals surface area (Å²) in [6, 6.07) is 11.3. The first kappa shape index (κ1) is 14.8. The van der Waals surface area contributed by atoms with Gasteiger partial charge >= 0.3 is 0 Å². The highest BCUT2D eigenvalue weighted by molar-refractivity contribution is 5.96. The largest absolute Gasteiger partial charge is 0.395 e. The van der Waals surface area contributed by atoms with Gasteiger partial charge in [0, 0.05) is 25.4 Å². The maximum atomic E-state index is 12.2. The summed E-state index contributed by atoms with van der Waals surface area (Å²) >= 11 is 0. The molecule has 1 aromatic carbocycles. The molecule has 4 nitrogen and oxygen atoms in total. The number of aliphatic hydroxyl groups excluding tert-OH is 1. The zero-order valence-corrected chi connectivity index (χ0v) is 11.5. The van der Waals surface area contributed by atoms with E-state index in [0.29, 0.717) is 24.1 Å². The molecule has 21 heavy (non-hydrogen) atoms. The summed E-state index contributed by atoms with van der Waals surface area (Å²) in [5.74, 6) is 5.47. The Hall–Kier alpha value is -2.64. The maximum Gasteiger partial charge on any atom is 0.252 e. The first-order valence-electron chi connectivity index (χ1n) is 6.67. The minimum atomic E-state index is -0.186. The first-order valence-corrected chi connectivity index (χ1v) is 6.67. The van der Waals surface area contributed by atoms with Gasteiger partial charge in [-0.2, -0.15) is 0 Å². The van der Waals surface area contributed by atoms with Gasteiger partial charge in [0.05, 0.1) is 17.7 Å². The summed E-state index contributed by atoms with van der Waals surface area (Å²) in [6.45, 7) is 0.467. The fourth-order valence-corrected chi connectivity index (χ4v) is 1.78. The van der Waals surface area contributed by atoms with Crippen LogP contribution in [-0.2, 0) is 6.54 Å². The molecule has 0 atom stereocenters. The van der Waals surface area contributed by atoms with Crippen LogP contribution in [0.25, 0.3) is 0 Å². The van der Waals surface area contributed by atoms with Gasteiger partial charge in [-0.25, -0.2) is 0 Å². The molecule has 0 aliphatic rings. The van der Waals surface area contributed by atoms with E-state index in [9.17, 15) is 4.79 Å². The average molecular weight is 280 g/mol. The van der Waals surface area contributed by atoms with E-state index in [0.717, 1.165) is 5.56 Å². The van der Waals surface area contributed by atoms with Gasteiger partial charge in [-0.3, -0.25) is 9.78 Å². The van der Waals surface area contributed by atoms with Gasteiger partial charge in [0.15, 0.2) is 0 Å². The highest BCUT2D eigenvalue weighted by Crippen LogP contribution is 2.06. The molecule has 2 N–H and O–H groups in total. The van der Waals surface area contributed by atoms with Crippen LogP contribution in [-0.4, -0.2) is 22.6 Å².